The summed E-state index contributed by atoms with van der Waals surface area (Å²) in [4.78, 5) is -0.439. The van der Waals surface area contributed by atoms with Gasteiger partial charge in [0, 0.05) is 18.1 Å². The van der Waals surface area contributed by atoms with Gasteiger partial charge in [-0.2, -0.15) is 4.72 Å². The molecule has 0 fully saturated rings. The number of para-hydroxylation sites is 1. The Bertz CT molecular complexity index is 2030. The maximum absolute atomic E-state index is 14.6. The minimum atomic E-state index is -4.27. The van der Waals surface area contributed by atoms with E-state index >= 15 is 0 Å². The van der Waals surface area contributed by atoms with Crippen LogP contribution in [0.5, 0.6) is 11.5 Å². The van der Waals surface area contributed by atoms with Crippen LogP contribution in [0.25, 0.3) is 10.9 Å². The molecule has 4 aromatic carbocycles. The van der Waals surface area contributed by atoms with Crippen molar-refractivity contribution >= 4 is 46.9 Å². The van der Waals surface area contributed by atoms with Gasteiger partial charge < -0.3 is 14.2 Å². The number of halogens is 1. The van der Waals surface area contributed by atoms with Gasteiger partial charge in [-0.1, -0.05) is 76.1 Å². The van der Waals surface area contributed by atoms with Gasteiger partial charge in [-0.05, 0) is 55.0 Å². The van der Waals surface area contributed by atoms with Crippen LogP contribution in [0.15, 0.2) is 107 Å². The third-order valence-corrected chi connectivity index (χ3v) is 11.3. The number of benzene rings is 4. The maximum Gasteiger partial charge on any atom is 0.268 e. The summed E-state index contributed by atoms with van der Waals surface area (Å²) in [6, 6.07) is 25.3. The van der Waals surface area contributed by atoms with Crippen molar-refractivity contribution in [3.63, 3.8) is 0 Å². The van der Waals surface area contributed by atoms with Crippen molar-refractivity contribution < 1.29 is 31.0 Å². The van der Waals surface area contributed by atoms with E-state index in [9.17, 15) is 16.8 Å². The van der Waals surface area contributed by atoms with Gasteiger partial charge in [0.1, 0.15) is 0 Å². The van der Waals surface area contributed by atoms with E-state index in [0.717, 1.165) is 5.56 Å². The summed E-state index contributed by atoms with van der Waals surface area (Å²) in [6.07, 6.45) is 0. The van der Waals surface area contributed by atoms with E-state index in [2.05, 4.69) is 20.7 Å². The molecule has 0 bridgehead atoms. The summed E-state index contributed by atoms with van der Waals surface area (Å²) in [5.41, 5.74) is 2.45. The standard InChI is InChI=1S/C33H33BrN2O7S2/c1-22-14-17-24(18-15-22)44(37,38)35-32(23-16-19-29(42-3)30(20-23)43-4)33-31(27(34)21-41-2)26-12-8-9-13-28(26)36(33)45(39,40)25-10-6-5-7-11-25/h5-20,27,32,35H,21H2,1-4H3. The molecule has 0 saturated carbocycles. The Morgan fingerprint density at radius 2 is 1.42 bits per heavy atom. The topological polar surface area (TPSA) is 113 Å². The number of methoxy groups -OCH3 is 3. The molecule has 2 atom stereocenters. The van der Waals surface area contributed by atoms with Crippen LogP contribution < -0.4 is 14.2 Å². The minimum Gasteiger partial charge on any atom is -0.493 e. The van der Waals surface area contributed by atoms with Crippen LogP contribution in [0.1, 0.15) is 33.3 Å². The number of nitrogens with one attached hydrogen (secondary N) is 1. The first-order valence-electron chi connectivity index (χ1n) is 13.9. The van der Waals surface area contributed by atoms with Gasteiger partial charge in [0.15, 0.2) is 11.5 Å². The highest BCUT2D eigenvalue weighted by Gasteiger charge is 2.36. The highest BCUT2D eigenvalue weighted by atomic mass is 79.9. The Morgan fingerprint density at radius 3 is 2.07 bits per heavy atom. The number of ether oxygens (including phenoxy) is 3. The average Bonchev–Trinajstić information content (AvgIpc) is 3.40. The van der Waals surface area contributed by atoms with Crippen molar-refractivity contribution in [2.24, 2.45) is 0 Å². The molecular weight excluding hydrogens is 680 g/mol. The van der Waals surface area contributed by atoms with Crippen molar-refractivity contribution in [3.8, 4) is 11.5 Å². The molecule has 236 valence electrons. The van der Waals surface area contributed by atoms with Crippen LogP contribution in [-0.2, 0) is 24.8 Å². The summed E-state index contributed by atoms with van der Waals surface area (Å²) in [6.45, 7) is 2.04. The molecule has 9 nitrogen and oxygen atoms in total. The van der Waals surface area contributed by atoms with Crippen LogP contribution in [0.4, 0.5) is 0 Å². The molecule has 0 aliphatic heterocycles. The maximum atomic E-state index is 14.6. The number of fused-ring (bicyclic) bond motifs is 1. The normalized spacial score (nSPS) is 13.4. The van der Waals surface area contributed by atoms with Gasteiger partial charge in [-0.3, -0.25) is 0 Å². The van der Waals surface area contributed by atoms with E-state index in [1.165, 1.54) is 42.5 Å². The largest absolute Gasteiger partial charge is 0.493 e. The summed E-state index contributed by atoms with van der Waals surface area (Å²) in [5.74, 6) is 0.772. The number of sulfonamides is 1. The Labute approximate surface area is 272 Å². The van der Waals surface area contributed by atoms with Crippen molar-refractivity contribution in [1.82, 2.24) is 8.69 Å². The predicted molar refractivity (Wildman–Crippen MR) is 177 cm³/mol. The highest BCUT2D eigenvalue weighted by Crippen LogP contribution is 2.44. The van der Waals surface area contributed by atoms with Crippen molar-refractivity contribution in [1.29, 1.82) is 0 Å². The SMILES string of the molecule is COCC(Br)c1c(C(NS(=O)(=O)c2ccc(C)cc2)c2ccc(OC)c(OC)c2)n(S(=O)(=O)c2ccccc2)c2ccccc12. The Kier molecular flexibility index (Phi) is 9.71. The zero-order valence-electron chi connectivity index (χ0n) is 25.1. The molecule has 0 radical (unpaired) electrons. The number of aryl methyl sites for hydroxylation is 1. The number of alkyl halides is 1. The lowest BCUT2D eigenvalue weighted by Gasteiger charge is -2.25. The van der Waals surface area contributed by atoms with Crippen LogP contribution in [0.2, 0.25) is 0 Å². The lowest BCUT2D eigenvalue weighted by molar-refractivity contribution is 0.201. The van der Waals surface area contributed by atoms with Gasteiger partial charge in [0.2, 0.25) is 10.0 Å². The first kappa shape index (κ1) is 32.7. The summed E-state index contributed by atoms with van der Waals surface area (Å²) in [7, 11) is -3.96. The summed E-state index contributed by atoms with van der Waals surface area (Å²) in [5, 5.41) is 0.617. The molecule has 5 aromatic rings. The second-order valence-corrected chi connectivity index (χ2v) is 14.9. The zero-order valence-corrected chi connectivity index (χ0v) is 28.3. The summed E-state index contributed by atoms with van der Waals surface area (Å²) >= 11 is 3.72. The molecule has 5 rings (SSSR count). The molecule has 0 spiro atoms. The van der Waals surface area contributed by atoms with Gasteiger partial charge in [-0.25, -0.2) is 20.8 Å². The summed E-state index contributed by atoms with van der Waals surface area (Å²) < 4.78 is 77.9. The number of rotatable bonds is 12. The van der Waals surface area contributed by atoms with E-state index in [4.69, 9.17) is 14.2 Å². The van der Waals surface area contributed by atoms with Crippen LogP contribution >= 0.6 is 15.9 Å². The lowest BCUT2D eigenvalue weighted by Crippen LogP contribution is -2.33. The molecule has 45 heavy (non-hydrogen) atoms. The van der Waals surface area contributed by atoms with Crippen LogP contribution in [-0.4, -0.2) is 48.7 Å². The van der Waals surface area contributed by atoms with Crippen molar-refractivity contribution in [3.05, 3.63) is 119 Å². The highest BCUT2D eigenvalue weighted by molar-refractivity contribution is 9.09. The number of aromatic nitrogens is 1. The number of hydrogen-bond donors (Lipinski definition) is 1. The molecule has 0 saturated heterocycles. The molecular formula is C33H33BrN2O7S2. The first-order chi connectivity index (χ1) is 21.5. The fraction of sp³-hybridized carbons (Fsp3) is 0.212. The van der Waals surface area contributed by atoms with E-state index in [0.29, 0.717) is 33.5 Å². The van der Waals surface area contributed by atoms with Crippen LogP contribution in [0.3, 0.4) is 0 Å². The third kappa shape index (κ3) is 6.38. The Balaban J connectivity index is 1.90. The monoisotopic (exact) mass is 712 g/mol. The van der Waals surface area contributed by atoms with E-state index in [-0.39, 0.29) is 22.1 Å². The Hall–Kier alpha value is -3.68. The fourth-order valence-electron chi connectivity index (χ4n) is 5.30. The molecule has 1 heterocycles. The van der Waals surface area contributed by atoms with Gasteiger partial charge in [-0.15, -0.1) is 0 Å². The second-order valence-electron chi connectivity index (χ2n) is 10.3. The van der Waals surface area contributed by atoms with Gasteiger partial charge in [0.05, 0.1) is 52.7 Å². The van der Waals surface area contributed by atoms with Gasteiger partial charge >= 0.3 is 0 Å². The average molecular weight is 714 g/mol. The number of nitrogens with zero attached hydrogens (tertiary/aromatic N) is 1. The second kappa shape index (κ2) is 13.4. The van der Waals surface area contributed by atoms with Crippen LogP contribution in [0, 0.1) is 6.92 Å². The van der Waals surface area contributed by atoms with Gasteiger partial charge in [0.25, 0.3) is 10.0 Å². The lowest BCUT2D eigenvalue weighted by atomic mass is 9.98. The molecule has 1 N–H and O–H groups in total. The molecule has 1 aromatic heterocycles. The minimum absolute atomic E-state index is 0.0287. The smallest absolute Gasteiger partial charge is 0.268 e. The quantitative estimate of drug-likeness (QED) is 0.150. The third-order valence-electron chi connectivity index (χ3n) is 7.43. The molecule has 12 heteroatoms. The number of hydrogen-bond acceptors (Lipinski definition) is 7. The van der Waals surface area contributed by atoms with E-state index < -0.39 is 30.9 Å². The molecule has 0 aliphatic carbocycles. The van der Waals surface area contributed by atoms with Crippen molar-refractivity contribution in [2.45, 2.75) is 27.6 Å². The molecule has 0 amide bonds. The Morgan fingerprint density at radius 1 is 0.778 bits per heavy atom. The first-order valence-corrected chi connectivity index (χ1v) is 17.7. The fourth-order valence-corrected chi connectivity index (χ4v) is 8.83. The van der Waals surface area contributed by atoms with E-state index in [1.807, 2.05) is 19.1 Å². The molecule has 0 aliphatic rings. The van der Waals surface area contributed by atoms with Crippen molar-refractivity contribution in [2.75, 3.05) is 27.9 Å². The molecule has 2 unspecified atom stereocenters. The zero-order chi connectivity index (χ0) is 32.4. The predicted octanol–water partition coefficient (Wildman–Crippen LogP) is 6.35. The van der Waals surface area contributed by atoms with E-state index in [1.54, 1.807) is 67.8 Å².